The Morgan fingerprint density at radius 2 is 2.00 bits per heavy atom. The van der Waals surface area contributed by atoms with E-state index in [4.69, 9.17) is 0 Å². The molecular formula is C15H22F2N4OS. The van der Waals surface area contributed by atoms with E-state index in [-0.39, 0.29) is 43.7 Å². The molecule has 3 rings (SSSR count). The number of likely N-dealkylation sites (tertiary alicyclic amines) is 1. The van der Waals surface area contributed by atoms with Crippen molar-refractivity contribution in [2.24, 2.45) is 5.92 Å². The third-order valence-electron chi connectivity index (χ3n) is 4.56. The third-order valence-corrected chi connectivity index (χ3v) is 5.35. The number of amides is 1. The molecule has 0 bridgehead atoms. The summed E-state index contributed by atoms with van der Waals surface area (Å²) in [5, 5.41) is 0.856. The maximum Gasteiger partial charge on any atom is 0.251 e. The van der Waals surface area contributed by atoms with Gasteiger partial charge in [-0.05, 0) is 6.42 Å². The molecule has 8 heteroatoms. The van der Waals surface area contributed by atoms with Crippen LogP contribution in [-0.2, 0) is 4.79 Å². The van der Waals surface area contributed by atoms with Gasteiger partial charge in [0.25, 0.3) is 5.92 Å². The number of piperidine rings is 1. The van der Waals surface area contributed by atoms with Gasteiger partial charge in [0.15, 0.2) is 0 Å². The molecule has 2 aliphatic rings. The van der Waals surface area contributed by atoms with Gasteiger partial charge >= 0.3 is 0 Å². The molecule has 0 radical (unpaired) electrons. The molecule has 0 spiro atoms. The van der Waals surface area contributed by atoms with Crippen LogP contribution in [0.4, 0.5) is 13.9 Å². The fourth-order valence-electron chi connectivity index (χ4n) is 3.04. The Balaban J connectivity index is 1.57. The summed E-state index contributed by atoms with van der Waals surface area (Å²) in [6, 6.07) is 0. The summed E-state index contributed by atoms with van der Waals surface area (Å²) in [5.41, 5.74) is 0. The van der Waals surface area contributed by atoms with Crippen LogP contribution < -0.4 is 4.90 Å². The minimum absolute atomic E-state index is 0.0107. The topological polar surface area (TPSA) is 49.3 Å². The molecule has 0 aromatic carbocycles. The van der Waals surface area contributed by atoms with Gasteiger partial charge in [0.1, 0.15) is 5.82 Å². The smallest absolute Gasteiger partial charge is 0.251 e. The van der Waals surface area contributed by atoms with Gasteiger partial charge in [0.2, 0.25) is 11.0 Å². The van der Waals surface area contributed by atoms with Gasteiger partial charge < -0.3 is 9.80 Å². The lowest BCUT2D eigenvalue weighted by atomic mass is 10.0. The van der Waals surface area contributed by atoms with Crippen LogP contribution in [0.1, 0.15) is 44.9 Å². The zero-order valence-electron chi connectivity index (χ0n) is 13.5. The summed E-state index contributed by atoms with van der Waals surface area (Å²) in [7, 11) is 0. The van der Waals surface area contributed by atoms with E-state index in [9.17, 15) is 13.6 Å². The number of halogens is 2. The van der Waals surface area contributed by atoms with E-state index in [1.165, 1.54) is 11.5 Å². The number of alkyl halides is 2. The molecule has 5 nitrogen and oxygen atoms in total. The van der Waals surface area contributed by atoms with Crippen LogP contribution >= 0.6 is 11.5 Å². The average Bonchev–Trinajstić information content (AvgIpc) is 3.15. The van der Waals surface area contributed by atoms with Gasteiger partial charge in [-0.25, -0.2) is 13.8 Å². The van der Waals surface area contributed by atoms with Crippen LogP contribution in [0, 0.1) is 5.92 Å². The predicted molar refractivity (Wildman–Crippen MR) is 85.1 cm³/mol. The molecule has 1 amide bonds. The second kappa shape index (κ2) is 6.30. The number of hydrogen-bond donors (Lipinski definition) is 0. The van der Waals surface area contributed by atoms with E-state index in [1.807, 2.05) is 13.8 Å². The standard InChI is InChI=1S/C15H22F2N4OS/c1-10(2)12-18-14(23-19-12)21-6-3-11(9-21)13(22)20-7-4-15(16,17)5-8-20/h10-11H,3-9H2,1-2H3. The monoisotopic (exact) mass is 344 g/mol. The Labute approximate surface area is 138 Å². The largest absolute Gasteiger partial charge is 0.346 e. The summed E-state index contributed by atoms with van der Waals surface area (Å²) >= 11 is 1.36. The van der Waals surface area contributed by atoms with E-state index in [2.05, 4.69) is 14.3 Å². The van der Waals surface area contributed by atoms with Crippen molar-refractivity contribution in [3.63, 3.8) is 0 Å². The molecule has 1 atom stereocenters. The molecule has 0 aliphatic carbocycles. The highest BCUT2D eigenvalue weighted by Crippen LogP contribution is 2.31. The highest BCUT2D eigenvalue weighted by atomic mass is 32.1. The Morgan fingerprint density at radius 1 is 1.30 bits per heavy atom. The lowest BCUT2D eigenvalue weighted by Gasteiger charge is -2.33. The first-order valence-electron chi connectivity index (χ1n) is 8.11. The second-order valence-electron chi connectivity index (χ2n) is 6.70. The summed E-state index contributed by atoms with van der Waals surface area (Å²) in [6.45, 7) is 5.81. The van der Waals surface area contributed by atoms with Crippen LogP contribution in [0.5, 0.6) is 0 Å². The van der Waals surface area contributed by atoms with Gasteiger partial charge in [-0.2, -0.15) is 4.37 Å². The highest BCUT2D eigenvalue weighted by molar-refractivity contribution is 7.09. The number of carbonyl (C=O) groups excluding carboxylic acids is 1. The van der Waals surface area contributed by atoms with Gasteiger partial charge in [-0.3, -0.25) is 4.79 Å². The van der Waals surface area contributed by atoms with Crippen molar-refractivity contribution in [3.8, 4) is 0 Å². The molecule has 2 fully saturated rings. The first-order valence-corrected chi connectivity index (χ1v) is 8.88. The molecule has 2 aliphatic heterocycles. The lowest BCUT2D eigenvalue weighted by molar-refractivity contribution is -0.140. The van der Waals surface area contributed by atoms with Crippen molar-refractivity contribution < 1.29 is 13.6 Å². The molecule has 23 heavy (non-hydrogen) atoms. The van der Waals surface area contributed by atoms with E-state index in [0.717, 1.165) is 23.9 Å². The fraction of sp³-hybridized carbons (Fsp3) is 0.800. The number of carbonyl (C=O) groups is 1. The average molecular weight is 344 g/mol. The lowest BCUT2D eigenvalue weighted by Crippen LogP contribution is -2.45. The quantitative estimate of drug-likeness (QED) is 0.846. The van der Waals surface area contributed by atoms with Crippen LogP contribution in [0.25, 0.3) is 0 Å². The SMILES string of the molecule is CC(C)c1nsc(N2CCC(C(=O)N3CCC(F)(F)CC3)C2)n1. The van der Waals surface area contributed by atoms with Crippen molar-refractivity contribution in [1.82, 2.24) is 14.3 Å². The van der Waals surface area contributed by atoms with Gasteiger partial charge in [0.05, 0.1) is 5.92 Å². The van der Waals surface area contributed by atoms with Crippen LogP contribution in [-0.4, -0.2) is 52.3 Å². The Hall–Kier alpha value is -1.31. The maximum absolute atomic E-state index is 13.2. The van der Waals surface area contributed by atoms with E-state index in [0.29, 0.717) is 6.54 Å². The Kier molecular flexibility index (Phi) is 4.53. The minimum Gasteiger partial charge on any atom is -0.346 e. The van der Waals surface area contributed by atoms with Crippen LogP contribution in [0.2, 0.25) is 0 Å². The molecule has 1 aromatic rings. The van der Waals surface area contributed by atoms with Gasteiger partial charge in [-0.15, -0.1) is 0 Å². The molecule has 1 aromatic heterocycles. The van der Waals surface area contributed by atoms with E-state index in [1.54, 1.807) is 4.90 Å². The number of hydrogen-bond acceptors (Lipinski definition) is 5. The van der Waals surface area contributed by atoms with Gasteiger partial charge in [0, 0.05) is 56.5 Å². The van der Waals surface area contributed by atoms with Crippen molar-refractivity contribution in [2.75, 3.05) is 31.1 Å². The van der Waals surface area contributed by atoms with Crippen molar-refractivity contribution in [2.45, 2.75) is 45.0 Å². The fourth-order valence-corrected chi connectivity index (χ4v) is 3.88. The first kappa shape index (κ1) is 16.5. The molecule has 3 heterocycles. The predicted octanol–water partition coefficient (Wildman–Crippen LogP) is 2.75. The Bertz CT molecular complexity index is 568. The molecule has 1 unspecified atom stereocenters. The zero-order chi connectivity index (χ0) is 16.6. The highest BCUT2D eigenvalue weighted by Gasteiger charge is 2.39. The number of nitrogens with zero attached hydrogens (tertiary/aromatic N) is 4. The summed E-state index contributed by atoms with van der Waals surface area (Å²) in [5.74, 6) is -1.60. The number of aromatic nitrogens is 2. The second-order valence-corrected chi connectivity index (χ2v) is 7.43. The summed E-state index contributed by atoms with van der Waals surface area (Å²) < 4.78 is 30.8. The summed E-state index contributed by atoms with van der Waals surface area (Å²) in [4.78, 5) is 20.7. The zero-order valence-corrected chi connectivity index (χ0v) is 14.3. The molecule has 128 valence electrons. The number of rotatable bonds is 3. The van der Waals surface area contributed by atoms with Crippen LogP contribution in [0.3, 0.4) is 0 Å². The van der Waals surface area contributed by atoms with Crippen LogP contribution in [0.15, 0.2) is 0 Å². The first-order chi connectivity index (χ1) is 10.9. The van der Waals surface area contributed by atoms with Crippen molar-refractivity contribution in [1.29, 1.82) is 0 Å². The van der Waals surface area contributed by atoms with E-state index >= 15 is 0 Å². The van der Waals surface area contributed by atoms with Gasteiger partial charge in [-0.1, -0.05) is 13.8 Å². The molecule has 2 saturated heterocycles. The molecule has 0 saturated carbocycles. The third kappa shape index (κ3) is 3.62. The van der Waals surface area contributed by atoms with Crippen molar-refractivity contribution >= 4 is 22.6 Å². The number of anilines is 1. The Morgan fingerprint density at radius 3 is 2.61 bits per heavy atom. The normalized spacial score (nSPS) is 24.5. The maximum atomic E-state index is 13.2. The van der Waals surface area contributed by atoms with E-state index < -0.39 is 5.92 Å². The molecular weight excluding hydrogens is 322 g/mol. The minimum atomic E-state index is -2.61. The molecule has 0 N–H and O–H groups in total. The summed E-state index contributed by atoms with van der Waals surface area (Å²) in [6.07, 6.45) is 0.314. The van der Waals surface area contributed by atoms with Crippen molar-refractivity contribution in [3.05, 3.63) is 5.82 Å².